The average molecular weight is 240 g/mol. The van der Waals surface area contributed by atoms with Crippen LogP contribution >= 0.6 is 0 Å². The van der Waals surface area contributed by atoms with Gasteiger partial charge in [-0.05, 0) is 36.4 Å². The van der Waals surface area contributed by atoms with Crippen molar-refractivity contribution in [3.8, 4) is 11.8 Å². The zero-order chi connectivity index (χ0) is 13.0. The first-order valence-corrected chi connectivity index (χ1v) is 5.56. The molecule has 0 saturated heterocycles. The van der Waals surface area contributed by atoms with Crippen molar-refractivity contribution in [2.75, 3.05) is 19.0 Å². The number of pyridine rings is 1. The van der Waals surface area contributed by atoms with E-state index in [4.69, 9.17) is 0 Å². The van der Waals surface area contributed by atoms with Crippen molar-refractivity contribution in [3.63, 3.8) is 0 Å². The minimum atomic E-state index is -0.490. The van der Waals surface area contributed by atoms with Crippen LogP contribution in [0.1, 0.15) is 11.1 Å². The largest absolute Gasteiger partial charge is 0.378 e. The molecular formula is C15H13FN2. The fraction of sp³-hybridized carbons (Fsp3) is 0.133. The Bertz CT molecular complexity index is 575. The summed E-state index contributed by atoms with van der Waals surface area (Å²) in [5.74, 6) is 5.47. The summed E-state index contributed by atoms with van der Waals surface area (Å²) >= 11 is 0. The third-order valence-electron chi connectivity index (χ3n) is 2.46. The molecule has 0 radical (unpaired) electrons. The number of anilines is 1. The van der Waals surface area contributed by atoms with Gasteiger partial charge in [0, 0.05) is 37.1 Å². The summed E-state index contributed by atoms with van der Waals surface area (Å²) in [7, 11) is 3.98. The summed E-state index contributed by atoms with van der Waals surface area (Å²) in [6.45, 7) is 0. The fourth-order valence-corrected chi connectivity index (χ4v) is 1.44. The first kappa shape index (κ1) is 12.1. The number of hydrogen-bond donors (Lipinski definition) is 0. The van der Waals surface area contributed by atoms with Gasteiger partial charge in [-0.15, -0.1) is 0 Å². The van der Waals surface area contributed by atoms with Gasteiger partial charge < -0.3 is 4.90 Å². The predicted molar refractivity (Wildman–Crippen MR) is 70.9 cm³/mol. The molecule has 3 heteroatoms. The topological polar surface area (TPSA) is 16.1 Å². The molecule has 2 aromatic rings. The molecule has 1 heterocycles. The fourth-order valence-electron chi connectivity index (χ4n) is 1.44. The van der Waals surface area contributed by atoms with Gasteiger partial charge in [-0.1, -0.05) is 11.8 Å². The van der Waals surface area contributed by atoms with Gasteiger partial charge in [0.25, 0.3) is 0 Å². The van der Waals surface area contributed by atoms with E-state index in [0.717, 1.165) is 11.3 Å². The Hall–Kier alpha value is -2.34. The second-order valence-corrected chi connectivity index (χ2v) is 4.06. The molecular weight excluding hydrogens is 227 g/mol. The van der Waals surface area contributed by atoms with Crippen LogP contribution in [0.4, 0.5) is 10.1 Å². The van der Waals surface area contributed by atoms with Crippen molar-refractivity contribution in [1.82, 2.24) is 4.98 Å². The highest BCUT2D eigenvalue weighted by Crippen LogP contribution is 2.11. The summed E-state index contributed by atoms with van der Waals surface area (Å²) in [5.41, 5.74) is 2.75. The van der Waals surface area contributed by atoms with E-state index in [-0.39, 0.29) is 0 Å². The first-order chi connectivity index (χ1) is 8.65. The SMILES string of the molecule is CN(C)c1ccc(C#Cc2ccc(F)nc2)cc1. The zero-order valence-corrected chi connectivity index (χ0v) is 10.3. The molecule has 0 unspecified atom stereocenters. The minimum absolute atomic E-state index is 0.490. The van der Waals surface area contributed by atoms with Gasteiger partial charge in [-0.25, -0.2) is 4.98 Å². The van der Waals surface area contributed by atoms with Gasteiger partial charge in [-0.3, -0.25) is 0 Å². The van der Waals surface area contributed by atoms with Crippen molar-refractivity contribution in [2.24, 2.45) is 0 Å². The summed E-state index contributed by atoms with van der Waals surface area (Å²) in [4.78, 5) is 5.58. The number of halogens is 1. The molecule has 18 heavy (non-hydrogen) atoms. The van der Waals surface area contributed by atoms with Gasteiger partial charge in [0.1, 0.15) is 0 Å². The Morgan fingerprint density at radius 3 is 2.11 bits per heavy atom. The van der Waals surface area contributed by atoms with E-state index < -0.39 is 5.95 Å². The Labute approximate surface area is 106 Å². The molecule has 0 spiro atoms. The number of hydrogen-bond acceptors (Lipinski definition) is 2. The van der Waals surface area contributed by atoms with E-state index in [0.29, 0.717) is 5.56 Å². The van der Waals surface area contributed by atoms with Gasteiger partial charge >= 0.3 is 0 Å². The van der Waals surface area contributed by atoms with Crippen LogP contribution in [0, 0.1) is 17.8 Å². The Kier molecular flexibility index (Phi) is 3.59. The maximum Gasteiger partial charge on any atom is 0.212 e. The second kappa shape index (κ2) is 5.33. The van der Waals surface area contributed by atoms with E-state index in [1.165, 1.54) is 12.3 Å². The van der Waals surface area contributed by atoms with Gasteiger partial charge in [-0.2, -0.15) is 4.39 Å². The van der Waals surface area contributed by atoms with Crippen LogP contribution < -0.4 is 4.90 Å². The molecule has 0 fully saturated rings. The molecule has 0 N–H and O–H groups in total. The van der Waals surface area contributed by atoms with Gasteiger partial charge in [0.2, 0.25) is 5.95 Å². The quantitative estimate of drug-likeness (QED) is 0.563. The van der Waals surface area contributed by atoms with Crippen molar-refractivity contribution in [3.05, 3.63) is 59.7 Å². The normalized spacial score (nSPS) is 9.50. The van der Waals surface area contributed by atoms with Crippen LogP contribution in [-0.2, 0) is 0 Å². The molecule has 90 valence electrons. The van der Waals surface area contributed by atoms with E-state index in [9.17, 15) is 4.39 Å². The summed E-state index contributed by atoms with van der Waals surface area (Å²) in [6.07, 6.45) is 1.43. The molecule has 0 amide bonds. The third kappa shape index (κ3) is 3.08. The molecule has 0 aliphatic heterocycles. The average Bonchev–Trinajstić information content (AvgIpc) is 2.38. The molecule has 0 bridgehead atoms. The van der Waals surface area contributed by atoms with Crippen LogP contribution in [0.2, 0.25) is 0 Å². The van der Waals surface area contributed by atoms with Crippen LogP contribution in [0.15, 0.2) is 42.6 Å². The van der Waals surface area contributed by atoms with Gasteiger partial charge in [0.15, 0.2) is 0 Å². The summed E-state index contributed by atoms with van der Waals surface area (Å²) in [5, 5.41) is 0. The van der Waals surface area contributed by atoms with E-state index in [1.54, 1.807) is 6.07 Å². The summed E-state index contributed by atoms with van der Waals surface area (Å²) < 4.78 is 12.6. The lowest BCUT2D eigenvalue weighted by atomic mass is 10.2. The highest BCUT2D eigenvalue weighted by atomic mass is 19.1. The van der Waals surface area contributed by atoms with Crippen LogP contribution in [0.25, 0.3) is 0 Å². The van der Waals surface area contributed by atoms with Crippen LogP contribution in [-0.4, -0.2) is 19.1 Å². The lowest BCUT2D eigenvalue weighted by Gasteiger charge is -2.11. The van der Waals surface area contributed by atoms with E-state index in [2.05, 4.69) is 16.8 Å². The zero-order valence-electron chi connectivity index (χ0n) is 10.3. The summed E-state index contributed by atoms with van der Waals surface area (Å²) in [6, 6.07) is 10.8. The number of rotatable bonds is 1. The Balaban J connectivity index is 2.17. The number of nitrogens with zero attached hydrogens (tertiary/aromatic N) is 2. The predicted octanol–water partition coefficient (Wildman–Crippen LogP) is 2.69. The second-order valence-electron chi connectivity index (χ2n) is 4.06. The maximum atomic E-state index is 12.6. The van der Waals surface area contributed by atoms with Crippen molar-refractivity contribution >= 4 is 5.69 Å². The van der Waals surface area contributed by atoms with Crippen LogP contribution in [0.3, 0.4) is 0 Å². The molecule has 2 nitrogen and oxygen atoms in total. The third-order valence-corrected chi connectivity index (χ3v) is 2.46. The molecule has 1 aromatic heterocycles. The molecule has 0 saturated carbocycles. The van der Waals surface area contributed by atoms with E-state index >= 15 is 0 Å². The lowest BCUT2D eigenvalue weighted by Crippen LogP contribution is -2.07. The maximum absolute atomic E-state index is 12.6. The number of aromatic nitrogens is 1. The van der Waals surface area contributed by atoms with Crippen molar-refractivity contribution in [1.29, 1.82) is 0 Å². The minimum Gasteiger partial charge on any atom is -0.378 e. The Morgan fingerprint density at radius 1 is 0.944 bits per heavy atom. The monoisotopic (exact) mass is 240 g/mol. The smallest absolute Gasteiger partial charge is 0.212 e. The first-order valence-electron chi connectivity index (χ1n) is 5.56. The molecule has 0 aliphatic rings. The van der Waals surface area contributed by atoms with E-state index in [1.807, 2.05) is 43.3 Å². The highest BCUT2D eigenvalue weighted by molar-refractivity contribution is 5.50. The molecule has 2 rings (SSSR count). The molecule has 1 aromatic carbocycles. The van der Waals surface area contributed by atoms with Crippen LogP contribution in [0.5, 0.6) is 0 Å². The molecule has 0 atom stereocenters. The van der Waals surface area contributed by atoms with Crippen molar-refractivity contribution < 1.29 is 4.39 Å². The molecule has 0 aliphatic carbocycles. The Morgan fingerprint density at radius 2 is 1.56 bits per heavy atom. The number of benzene rings is 1. The lowest BCUT2D eigenvalue weighted by molar-refractivity contribution is 0.583. The van der Waals surface area contributed by atoms with Crippen molar-refractivity contribution in [2.45, 2.75) is 0 Å². The highest BCUT2D eigenvalue weighted by Gasteiger charge is 1.94. The van der Waals surface area contributed by atoms with Gasteiger partial charge in [0.05, 0.1) is 0 Å². The standard InChI is InChI=1S/C15H13FN2/c1-18(2)14-8-5-12(6-9-14)3-4-13-7-10-15(16)17-11-13/h5-11H,1-2H3.